The lowest BCUT2D eigenvalue weighted by Crippen LogP contribution is -2.16. The van der Waals surface area contributed by atoms with Crippen LogP contribution in [0.25, 0.3) is 0 Å². The van der Waals surface area contributed by atoms with Gasteiger partial charge in [-0.25, -0.2) is 9.18 Å². The quantitative estimate of drug-likeness (QED) is 0.637. The van der Waals surface area contributed by atoms with Crippen LogP contribution in [0.1, 0.15) is 15.9 Å². The fourth-order valence-electron chi connectivity index (χ4n) is 2.50. The van der Waals surface area contributed by atoms with Gasteiger partial charge in [0.15, 0.2) is 11.6 Å². The fourth-order valence-corrected chi connectivity index (χ4v) is 2.50. The maximum atomic E-state index is 13.2. The average Bonchev–Trinajstić information content (AvgIpc) is 2.69. The third-order valence-electron chi connectivity index (χ3n) is 3.78. The summed E-state index contributed by atoms with van der Waals surface area (Å²) in [5, 5.41) is 13.5. The molecule has 1 heterocycles. The summed E-state index contributed by atoms with van der Waals surface area (Å²) < 4.78 is 17.9. The van der Waals surface area contributed by atoms with E-state index in [2.05, 4.69) is 20.8 Å². The highest BCUT2D eigenvalue weighted by atomic mass is 19.1. The maximum Gasteiger partial charge on any atom is 0.339 e. The number of hydrogen-bond acceptors (Lipinski definition) is 6. The number of benzene rings is 2. The molecule has 0 radical (unpaired) electrons. The normalized spacial score (nSPS) is 10.2. The lowest BCUT2D eigenvalue weighted by molar-refractivity contribution is -0.115. The standard InChI is InChI=1S/C20H17FN4O3/c1-28-20(27)15-7-2-3-8-16(15)22-17-9-10-18(25-24-17)23-19(26)12-13-5-4-6-14(21)11-13/h2-11H,12H2,1H3,(H,22,24)(H,23,25,26). The van der Waals surface area contributed by atoms with Gasteiger partial charge in [-0.2, -0.15) is 0 Å². The smallest absolute Gasteiger partial charge is 0.339 e. The van der Waals surface area contributed by atoms with Gasteiger partial charge < -0.3 is 15.4 Å². The Labute approximate surface area is 160 Å². The fraction of sp³-hybridized carbons (Fsp3) is 0.100. The zero-order valence-corrected chi connectivity index (χ0v) is 15.0. The van der Waals surface area contributed by atoms with Crippen molar-refractivity contribution in [2.75, 3.05) is 17.7 Å². The summed E-state index contributed by atoms with van der Waals surface area (Å²) >= 11 is 0. The van der Waals surface area contributed by atoms with Gasteiger partial charge in [-0.3, -0.25) is 4.79 Å². The molecular weight excluding hydrogens is 363 g/mol. The molecule has 1 aromatic heterocycles. The van der Waals surface area contributed by atoms with Gasteiger partial charge in [0.1, 0.15) is 5.82 Å². The predicted octanol–water partition coefficient (Wildman–Crippen LogP) is 3.33. The number of halogens is 1. The second-order valence-electron chi connectivity index (χ2n) is 5.82. The van der Waals surface area contributed by atoms with E-state index >= 15 is 0 Å². The molecule has 7 nitrogen and oxygen atoms in total. The molecule has 3 rings (SSSR count). The van der Waals surface area contributed by atoms with E-state index in [1.807, 2.05) is 0 Å². The highest BCUT2D eigenvalue weighted by Gasteiger charge is 2.12. The zero-order chi connectivity index (χ0) is 19.9. The summed E-state index contributed by atoms with van der Waals surface area (Å²) in [6.45, 7) is 0. The van der Waals surface area contributed by atoms with Crippen molar-refractivity contribution in [2.24, 2.45) is 0 Å². The minimum Gasteiger partial charge on any atom is -0.465 e. The van der Waals surface area contributed by atoms with Gasteiger partial charge in [0.05, 0.1) is 24.8 Å². The Balaban J connectivity index is 1.64. The molecule has 0 atom stereocenters. The van der Waals surface area contributed by atoms with Crippen LogP contribution >= 0.6 is 0 Å². The Bertz CT molecular complexity index is 993. The average molecular weight is 380 g/mol. The Kier molecular flexibility index (Phi) is 5.91. The summed E-state index contributed by atoms with van der Waals surface area (Å²) in [4.78, 5) is 23.9. The molecule has 0 aliphatic rings. The molecule has 8 heteroatoms. The first-order valence-corrected chi connectivity index (χ1v) is 8.37. The molecule has 1 amide bonds. The first-order chi connectivity index (χ1) is 13.5. The van der Waals surface area contributed by atoms with Crippen LogP contribution in [0.15, 0.2) is 60.7 Å². The van der Waals surface area contributed by atoms with Gasteiger partial charge in [-0.1, -0.05) is 24.3 Å². The number of anilines is 3. The van der Waals surface area contributed by atoms with Gasteiger partial charge in [-0.05, 0) is 42.0 Å². The molecule has 0 bridgehead atoms. The monoisotopic (exact) mass is 380 g/mol. The number of rotatable bonds is 6. The van der Waals surface area contributed by atoms with E-state index in [1.54, 1.807) is 48.5 Å². The molecule has 142 valence electrons. The van der Waals surface area contributed by atoms with Gasteiger partial charge >= 0.3 is 5.97 Å². The Morgan fingerprint density at radius 2 is 1.75 bits per heavy atom. The highest BCUT2D eigenvalue weighted by Crippen LogP contribution is 2.20. The predicted molar refractivity (Wildman–Crippen MR) is 102 cm³/mol. The second kappa shape index (κ2) is 8.72. The molecule has 0 fully saturated rings. The molecule has 0 saturated heterocycles. The van der Waals surface area contributed by atoms with Crippen molar-refractivity contribution >= 4 is 29.2 Å². The van der Waals surface area contributed by atoms with Crippen LogP contribution in [0.2, 0.25) is 0 Å². The number of methoxy groups -OCH3 is 1. The minimum atomic E-state index is -0.475. The molecule has 0 unspecified atom stereocenters. The maximum absolute atomic E-state index is 13.2. The summed E-state index contributed by atoms with van der Waals surface area (Å²) in [6, 6.07) is 15.8. The number of nitrogens with zero attached hydrogens (tertiary/aromatic N) is 2. The lowest BCUT2D eigenvalue weighted by atomic mass is 10.1. The molecule has 0 saturated carbocycles. The van der Waals surface area contributed by atoms with Crippen molar-refractivity contribution in [3.63, 3.8) is 0 Å². The summed E-state index contributed by atoms with van der Waals surface area (Å²) in [6.07, 6.45) is 0.0198. The molecule has 0 aliphatic heterocycles. The van der Waals surface area contributed by atoms with Crippen LogP contribution in [0, 0.1) is 5.82 Å². The number of para-hydroxylation sites is 1. The van der Waals surface area contributed by atoms with Crippen LogP contribution in [0.3, 0.4) is 0 Å². The molecule has 3 aromatic rings. The van der Waals surface area contributed by atoms with E-state index in [0.29, 0.717) is 22.6 Å². The van der Waals surface area contributed by atoms with E-state index < -0.39 is 11.8 Å². The van der Waals surface area contributed by atoms with Crippen LogP contribution < -0.4 is 10.6 Å². The Morgan fingerprint density at radius 1 is 1.00 bits per heavy atom. The van der Waals surface area contributed by atoms with Gasteiger partial charge in [-0.15, -0.1) is 10.2 Å². The van der Waals surface area contributed by atoms with E-state index in [-0.39, 0.29) is 18.1 Å². The number of hydrogen-bond donors (Lipinski definition) is 2. The number of ether oxygens (including phenoxy) is 1. The second-order valence-corrected chi connectivity index (χ2v) is 5.82. The number of esters is 1. The third-order valence-corrected chi connectivity index (χ3v) is 3.78. The summed E-state index contributed by atoms with van der Waals surface area (Å²) in [7, 11) is 1.31. The first-order valence-electron chi connectivity index (χ1n) is 8.37. The largest absolute Gasteiger partial charge is 0.465 e. The first kappa shape index (κ1) is 19.0. The van der Waals surface area contributed by atoms with E-state index in [0.717, 1.165) is 0 Å². The van der Waals surface area contributed by atoms with Crippen molar-refractivity contribution in [3.05, 3.63) is 77.6 Å². The highest BCUT2D eigenvalue weighted by molar-refractivity contribution is 5.96. The summed E-state index contributed by atoms with van der Waals surface area (Å²) in [5.41, 5.74) is 1.44. The lowest BCUT2D eigenvalue weighted by Gasteiger charge is -2.10. The summed E-state index contributed by atoms with van der Waals surface area (Å²) in [5.74, 6) is -0.561. The molecule has 0 aliphatic carbocycles. The Hall–Kier alpha value is -3.81. The van der Waals surface area contributed by atoms with Crippen molar-refractivity contribution in [2.45, 2.75) is 6.42 Å². The number of carbonyl (C=O) groups excluding carboxylic acids is 2. The van der Waals surface area contributed by atoms with Crippen molar-refractivity contribution < 1.29 is 18.7 Å². The van der Waals surface area contributed by atoms with Crippen LogP contribution in [0.5, 0.6) is 0 Å². The minimum absolute atomic E-state index is 0.0198. The topological polar surface area (TPSA) is 93.2 Å². The SMILES string of the molecule is COC(=O)c1ccccc1Nc1ccc(NC(=O)Cc2cccc(F)c2)nn1. The Morgan fingerprint density at radius 3 is 2.46 bits per heavy atom. The van der Waals surface area contributed by atoms with E-state index in [1.165, 1.54) is 19.2 Å². The van der Waals surface area contributed by atoms with Crippen LogP contribution in [-0.4, -0.2) is 29.2 Å². The van der Waals surface area contributed by atoms with Gasteiger partial charge in [0.2, 0.25) is 5.91 Å². The van der Waals surface area contributed by atoms with E-state index in [9.17, 15) is 14.0 Å². The van der Waals surface area contributed by atoms with Crippen molar-refractivity contribution in [3.8, 4) is 0 Å². The number of aromatic nitrogens is 2. The number of carbonyl (C=O) groups is 2. The zero-order valence-electron chi connectivity index (χ0n) is 15.0. The molecule has 0 spiro atoms. The molecule has 28 heavy (non-hydrogen) atoms. The molecular formula is C20H17FN4O3. The van der Waals surface area contributed by atoms with Gasteiger partial charge in [0, 0.05) is 0 Å². The third kappa shape index (κ3) is 4.88. The van der Waals surface area contributed by atoms with E-state index in [4.69, 9.17) is 4.74 Å². The molecule has 2 N–H and O–H groups in total. The van der Waals surface area contributed by atoms with Crippen molar-refractivity contribution in [1.29, 1.82) is 0 Å². The van der Waals surface area contributed by atoms with Crippen LogP contribution in [0.4, 0.5) is 21.7 Å². The number of amides is 1. The molecule has 2 aromatic carbocycles. The number of nitrogens with one attached hydrogen (secondary N) is 2. The van der Waals surface area contributed by atoms with Crippen LogP contribution in [-0.2, 0) is 16.0 Å². The van der Waals surface area contributed by atoms with Crippen molar-refractivity contribution in [1.82, 2.24) is 10.2 Å². The van der Waals surface area contributed by atoms with Gasteiger partial charge in [0.25, 0.3) is 0 Å².